The minimum Gasteiger partial charge on any atom is -0.317 e. The summed E-state index contributed by atoms with van der Waals surface area (Å²) in [6.45, 7) is 16.5. The highest BCUT2D eigenvalue weighted by Crippen LogP contribution is 2.11. The first-order valence-corrected chi connectivity index (χ1v) is 13.9. The van der Waals surface area contributed by atoms with Crippen LogP contribution in [-0.4, -0.2) is 39.3 Å². The SMILES string of the molecule is CCCCC(CC)CNCCCCCCNCCCCCCNCC(CC)CCC. The Morgan fingerprint density at radius 2 is 0.867 bits per heavy atom. The summed E-state index contributed by atoms with van der Waals surface area (Å²) in [6.07, 6.45) is 20.4. The van der Waals surface area contributed by atoms with E-state index in [2.05, 4.69) is 43.6 Å². The van der Waals surface area contributed by atoms with Gasteiger partial charge in [-0.2, -0.15) is 0 Å². The van der Waals surface area contributed by atoms with Crippen LogP contribution in [0.3, 0.4) is 0 Å². The Labute approximate surface area is 191 Å². The lowest BCUT2D eigenvalue weighted by Crippen LogP contribution is -2.23. The highest BCUT2D eigenvalue weighted by molar-refractivity contribution is 4.62. The molecule has 3 nitrogen and oxygen atoms in total. The maximum absolute atomic E-state index is 3.68. The Morgan fingerprint density at radius 1 is 0.433 bits per heavy atom. The van der Waals surface area contributed by atoms with Crippen LogP contribution in [0, 0.1) is 11.8 Å². The summed E-state index contributed by atoms with van der Waals surface area (Å²) >= 11 is 0. The number of hydrogen-bond acceptors (Lipinski definition) is 3. The van der Waals surface area contributed by atoms with Crippen molar-refractivity contribution in [3.8, 4) is 0 Å². The molecule has 2 atom stereocenters. The summed E-state index contributed by atoms with van der Waals surface area (Å²) in [5.74, 6) is 1.78. The summed E-state index contributed by atoms with van der Waals surface area (Å²) in [5, 5.41) is 11.0. The van der Waals surface area contributed by atoms with Crippen molar-refractivity contribution in [2.75, 3.05) is 39.3 Å². The van der Waals surface area contributed by atoms with Gasteiger partial charge in [-0.25, -0.2) is 0 Å². The molecule has 0 aromatic rings. The third kappa shape index (κ3) is 21.1. The molecule has 0 aromatic carbocycles. The van der Waals surface area contributed by atoms with Gasteiger partial charge in [-0.05, 0) is 89.6 Å². The minimum absolute atomic E-state index is 0.888. The summed E-state index contributed by atoms with van der Waals surface area (Å²) in [6, 6.07) is 0. The molecule has 30 heavy (non-hydrogen) atoms. The number of unbranched alkanes of at least 4 members (excludes halogenated alkanes) is 7. The lowest BCUT2D eigenvalue weighted by Gasteiger charge is -2.15. The van der Waals surface area contributed by atoms with Gasteiger partial charge in [0.25, 0.3) is 0 Å². The van der Waals surface area contributed by atoms with Crippen LogP contribution in [0.1, 0.15) is 124 Å². The van der Waals surface area contributed by atoms with Crippen LogP contribution in [0.4, 0.5) is 0 Å². The summed E-state index contributed by atoms with van der Waals surface area (Å²) in [4.78, 5) is 0. The smallest absolute Gasteiger partial charge is 0.00206 e. The Kier molecular flexibility index (Phi) is 25.0. The molecule has 0 saturated carbocycles. The van der Waals surface area contributed by atoms with E-state index in [9.17, 15) is 0 Å². The Bertz CT molecular complexity index is 308. The van der Waals surface area contributed by atoms with Crippen molar-refractivity contribution in [2.45, 2.75) is 124 Å². The van der Waals surface area contributed by atoms with E-state index in [0.717, 1.165) is 11.8 Å². The Balaban J connectivity index is 3.19. The minimum atomic E-state index is 0.888. The van der Waals surface area contributed by atoms with Crippen molar-refractivity contribution in [3.63, 3.8) is 0 Å². The van der Waals surface area contributed by atoms with Gasteiger partial charge >= 0.3 is 0 Å². The zero-order chi connectivity index (χ0) is 22.1. The Morgan fingerprint density at radius 3 is 1.27 bits per heavy atom. The predicted octanol–water partition coefficient (Wildman–Crippen LogP) is 6.92. The van der Waals surface area contributed by atoms with Gasteiger partial charge in [0.05, 0.1) is 0 Å². The largest absolute Gasteiger partial charge is 0.317 e. The zero-order valence-corrected chi connectivity index (χ0v) is 21.5. The average molecular weight is 426 g/mol. The van der Waals surface area contributed by atoms with Gasteiger partial charge in [0.1, 0.15) is 0 Å². The third-order valence-corrected chi connectivity index (χ3v) is 6.60. The lowest BCUT2D eigenvalue weighted by molar-refractivity contribution is 0.415. The summed E-state index contributed by atoms with van der Waals surface area (Å²) < 4.78 is 0. The molecule has 0 amide bonds. The van der Waals surface area contributed by atoms with Gasteiger partial charge in [0, 0.05) is 0 Å². The van der Waals surface area contributed by atoms with Crippen molar-refractivity contribution < 1.29 is 0 Å². The Hall–Kier alpha value is -0.120. The van der Waals surface area contributed by atoms with Gasteiger partial charge in [0.2, 0.25) is 0 Å². The van der Waals surface area contributed by atoms with Crippen LogP contribution >= 0.6 is 0 Å². The lowest BCUT2D eigenvalue weighted by atomic mass is 9.99. The standard InChI is InChI=1S/C27H59N3/c1-5-9-19-27(8-4)25-30-23-17-13-11-15-21-28-20-14-10-12-16-22-29-24-26(7-3)18-6-2/h26-30H,5-25H2,1-4H3. The van der Waals surface area contributed by atoms with Crippen LogP contribution in [0.5, 0.6) is 0 Å². The number of rotatable bonds is 25. The van der Waals surface area contributed by atoms with Gasteiger partial charge in [0.15, 0.2) is 0 Å². The molecule has 0 heterocycles. The fraction of sp³-hybridized carbons (Fsp3) is 1.00. The summed E-state index contributed by atoms with van der Waals surface area (Å²) in [7, 11) is 0. The molecule has 3 N–H and O–H groups in total. The maximum atomic E-state index is 3.68. The van der Waals surface area contributed by atoms with E-state index in [1.807, 2.05) is 0 Å². The third-order valence-electron chi connectivity index (χ3n) is 6.60. The normalized spacial score (nSPS) is 13.6. The van der Waals surface area contributed by atoms with Crippen LogP contribution < -0.4 is 16.0 Å². The highest BCUT2D eigenvalue weighted by Gasteiger charge is 2.05. The molecule has 0 spiro atoms. The maximum Gasteiger partial charge on any atom is -0.00206 e. The van der Waals surface area contributed by atoms with Gasteiger partial charge in [-0.15, -0.1) is 0 Å². The molecule has 0 aliphatic rings. The summed E-state index contributed by atoms with van der Waals surface area (Å²) in [5.41, 5.74) is 0. The van der Waals surface area contributed by atoms with Crippen LogP contribution in [-0.2, 0) is 0 Å². The van der Waals surface area contributed by atoms with E-state index in [1.165, 1.54) is 136 Å². The first-order chi connectivity index (χ1) is 14.8. The average Bonchev–Trinajstić information content (AvgIpc) is 2.77. The van der Waals surface area contributed by atoms with Gasteiger partial charge in [-0.1, -0.05) is 85.5 Å². The molecule has 182 valence electrons. The molecule has 0 rings (SSSR count). The molecule has 0 radical (unpaired) electrons. The topological polar surface area (TPSA) is 36.1 Å². The van der Waals surface area contributed by atoms with Crippen LogP contribution in [0.15, 0.2) is 0 Å². The second-order valence-electron chi connectivity index (χ2n) is 9.47. The van der Waals surface area contributed by atoms with E-state index in [-0.39, 0.29) is 0 Å². The van der Waals surface area contributed by atoms with E-state index in [1.54, 1.807) is 0 Å². The predicted molar refractivity (Wildman–Crippen MR) is 138 cm³/mol. The van der Waals surface area contributed by atoms with Crippen molar-refractivity contribution in [2.24, 2.45) is 11.8 Å². The van der Waals surface area contributed by atoms with Crippen LogP contribution in [0.2, 0.25) is 0 Å². The van der Waals surface area contributed by atoms with Crippen molar-refractivity contribution in [3.05, 3.63) is 0 Å². The molecule has 0 fully saturated rings. The molecule has 3 heteroatoms. The van der Waals surface area contributed by atoms with E-state index in [4.69, 9.17) is 0 Å². The molecular weight excluding hydrogens is 366 g/mol. The van der Waals surface area contributed by atoms with Crippen LogP contribution in [0.25, 0.3) is 0 Å². The first-order valence-electron chi connectivity index (χ1n) is 13.9. The molecule has 0 aliphatic heterocycles. The zero-order valence-electron chi connectivity index (χ0n) is 21.5. The van der Waals surface area contributed by atoms with Gasteiger partial charge in [-0.3, -0.25) is 0 Å². The number of hydrogen-bond donors (Lipinski definition) is 3. The fourth-order valence-electron chi connectivity index (χ4n) is 4.25. The molecule has 0 aliphatic carbocycles. The molecular formula is C27H59N3. The quantitative estimate of drug-likeness (QED) is 0.139. The van der Waals surface area contributed by atoms with Crippen molar-refractivity contribution >= 4 is 0 Å². The molecule has 0 aromatic heterocycles. The second kappa shape index (κ2) is 25.1. The molecule has 0 saturated heterocycles. The van der Waals surface area contributed by atoms with E-state index < -0.39 is 0 Å². The second-order valence-corrected chi connectivity index (χ2v) is 9.47. The highest BCUT2D eigenvalue weighted by atomic mass is 14.9. The number of nitrogens with one attached hydrogen (secondary N) is 3. The van der Waals surface area contributed by atoms with Crippen molar-refractivity contribution in [1.29, 1.82) is 0 Å². The molecule has 2 unspecified atom stereocenters. The van der Waals surface area contributed by atoms with Gasteiger partial charge < -0.3 is 16.0 Å². The van der Waals surface area contributed by atoms with E-state index in [0.29, 0.717) is 0 Å². The first kappa shape index (κ1) is 29.9. The molecule has 0 bridgehead atoms. The van der Waals surface area contributed by atoms with E-state index >= 15 is 0 Å². The van der Waals surface area contributed by atoms with Crippen molar-refractivity contribution in [1.82, 2.24) is 16.0 Å². The fourth-order valence-corrected chi connectivity index (χ4v) is 4.25. The monoisotopic (exact) mass is 425 g/mol.